The molecule has 1 aliphatic rings. The maximum atomic E-state index is 4.51. The van der Waals surface area contributed by atoms with Gasteiger partial charge in [0, 0.05) is 24.4 Å². The van der Waals surface area contributed by atoms with E-state index in [9.17, 15) is 0 Å². The van der Waals surface area contributed by atoms with Crippen molar-refractivity contribution < 1.29 is 0 Å². The van der Waals surface area contributed by atoms with Gasteiger partial charge in [0.2, 0.25) is 0 Å². The van der Waals surface area contributed by atoms with Crippen molar-refractivity contribution in [2.24, 2.45) is 0 Å². The maximum absolute atomic E-state index is 4.51. The van der Waals surface area contributed by atoms with Gasteiger partial charge < -0.3 is 4.57 Å². The van der Waals surface area contributed by atoms with Crippen LogP contribution in [-0.4, -0.2) is 9.55 Å². The number of imidazole rings is 1. The van der Waals surface area contributed by atoms with Crippen molar-refractivity contribution in [1.29, 1.82) is 0 Å². The lowest BCUT2D eigenvalue weighted by atomic mass is 9.98. The van der Waals surface area contributed by atoms with Crippen molar-refractivity contribution >= 4 is 0 Å². The summed E-state index contributed by atoms with van der Waals surface area (Å²) in [5, 5.41) is 0. The Morgan fingerprint density at radius 3 is 3.00 bits per heavy atom. The Hall–Kier alpha value is -0.790. The minimum atomic E-state index is 0.555. The zero-order chi connectivity index (χ0) is 9.42. The van der Waals surface area contributed by atoms with Gasteiger partial charge in [0.15, 0.2) is 0 Å². The van der Waals surface area contributed by atoms with E-state index >= 15 is 0 Å². The highest BCUT2D eigenvalue weighted by Crippen LogP contribution is 2.29. The molecule has 0 amide bonds. The van der Waals surface area contributed by atoms with Crippen molar-refractivity contribution in [2.75, 3.05) is 0 Å². The second-order valence-electron chi connectivity index (χ2n) is 4.39. The van der Waals surface area contributed by atoms with Gasteiger partial charge in [-0.3, -0.25) is 0 Å². The second kappa shape index (κ2) is 3.17. The van der Waals surface area contributed by atoms with E-state index in [0.717, 1.165) is 0 Å². The molecule has 0 aromatic carbocycles. The molecule has 1 aliphatic heterocycles. The molecular weight excluding hydrogens is 160 g/mol. The molecule has 2 rings (SSSR count). The quantitative estimate of drug-likeness (QED) is 0.646. The largest absolute Gasteiger partial charge is 0.332 e. The molecule has 1 aromatic rings. The van der Waals surface area contributed by atoms with Crippen LogP contribution in [0.1, 0.15) is 57.0 Å². The van der Waals surface area contributed by atoms with E-state index < -0.39 is 0 Å². The molecule has 2 heteroatoms. The predicted molar refractivity (Wildman–Crippen MR) is 54.0 cm³/mol. The van der Waals surface area contributed by atoms with Gasteiger partial charge in [-0.1, -0.05) is 20.8 Å². The average Bonchev–Trinajstić information content (AvgIpc) is 2.48. The van der Waals surface area contributed by atoms with Gasteiger partial charge in [0.25, 0.3) is 0 Å². The smallest absolute Gasteiger partial charge is 0.111 e. The van der Waals surface area contributed by atoms with Crippen molar-refractivity contribution in [3.8, 4) is 0 Å². The molecule has 1 atom stereocenters. The lowest BCUT2D eigenvalue weighted by Gasteiger charge is -2.23. The number of fused-ring (bicyclic) bond motifs is 1. The van der Waals surface area contributed by atoms with Gasteiger partial charge >= 0.3 is 0 Å². The van der Waals surface area contributed by atoms with E-state index in [1.807, 2.05) is 0 Å². The Bertz CT molecular complexity index is 286. The number of rotatable bonds is 1. The molecule has 0 radical (unpaired) electrons. The fraction of sp³-hybridized carbons (Fsp3) is 0.727. The molecule has 1 aromatic heterocycles. The summed E-state index contributed by atoms with van der Waals surface area (Å²) in [6.45, 7) is 7.91. The molecule has 0 N–H and O–H groups in total. The van der Waals surface area contributed by atoms with Crippen molar-refractivity contribution in [3.63, 3.8) is 0 Å². The number of nitrogens with zero attached hydrogens (tertiary/aromatic N) is 2. The zero-order valence-corrected chi connectivity index (χ0v) is 8.75. The molecular formula is C11H18N2. The molecule has 0 saturated carbocycles. The minimum Gasteiger partial charge on any atom is -0.332 e. The fourth-order valence-electron chi connectivity index (χ4n) is 2.21. The molecule has 72 valence electrons. The van der Waals surface area contributed by atoms with Crippen LogP contribution in [0.25, 0.3) is 0 Å². The summed E-state index contributed by atoms with van der Waals surface area (Å²) in [5.41, 5.74) is 1.44. The average molecular weight is 178 g/mol. The SMILES string of the molecule is CC(C)c1ncc2n1CCCC2C. The van der Waals surface area contributed by atoms with Crippen LogP contribution in [0.5, 0.6) is 0 Å². The summed E-state index contributed by atoms with van der Waals surface area (Å²) in [4.78, 5) is 4.51. The highest BCUT2D eigenvalue weighted by Gasteiger charge is 2.20. The van der Waals surface area contributed by atoms with E-state index in [1.54, 1.807) is 0 Å². The Morgan fingerprint density at radius 1 is 1.54 bits per heavy atom. The van der Waals surface area contributed by atoms with Crippen LogP contribution >= 0.6 is 0 Å². The van der Waals surface area contributed by atoms with E-state index in [-0.39, 0.29) is 0 Å². The first-order valence-electron chi connectivity index (χ1n) is 5.25. The molecule has 0 spiro atoms. The van der Waals surface area contributed by atoms with Crippen LogP contribution in [0.4, 0.5) is 0 Å². The lowest BCUT2D eigenvalue weighted by Crippen LogP contribution is -2.15. The van der Waals surface area contributed by atoms with Crippen molar-refractivity contribution in [1.82, 2.24) is 9.55 Å². The van der Waals surface area contributed by atoms with Gasteiger partial charge in [0.1, 0.15) is 5.82 Å². The van der Waals surface area contributed by atoms with Crippen LogP contribution in [-0.2, 0) is 6.54 Å². The van der Waals surface area contributed by atoms with Crippen molar-refractivity contribution in [3.05, 3.63) is 17.7 Å². The predicted octanol–water partition coefficient (Wildman–Crippen LogP) is 2.90. The summed E-state index contributed by atoms with van der Waals surface area (Å²) in [7, 11) is 0. The van der Waals surface area contributed by atoms with Gasteiger partial charge in [-0.25, -0.2) is 4.98 Å². The summed E-state index contributed by atoms with van der Waals surface area (Å²) in [5.74, 6) is 2.52. The van der Waals surface area contributed by atoms with Crippen LogP contribution < -0.4 is 0 Å². The maximum Gasteiger partial charge on any atom is 0.111 e. The summed E-state index contributed by atoms with van der Waals surface area (Å²) < 4.78 is 2.42. The van der Waals surface area contributed by atoms with E-state index in [1.165, 1.54) is 30.9 Å². The Kier molecular flexibility index (Phi) is 2.14. The normalized spacial score (nSPS) is 22.0. The Morgan fingerprint density at radius 2 is 2.31 bits per heavy atom. The summed E-state index contributed by atoms with van der Waals surface area (Å²) in [6, 6.07) is 0. The first-order chi connectivity index (χ1) is 6.20. The third-order valence-corrected chi connectivity index (χ3v) is 2.96. The zero-order valence-electron chi connectivity index (χ0n) is 8.75. The van der Waals surface area contributed by atoms with Crippen LogP contribution in [0.2, 0.25) is 0 Å². The standard InChI is InChI=1S/C11H18N2/c1-8(2)11-12-7-10-9(3)5-4-6-13(10)11/h7-9H,4-6H2,1-3H3. The van der Waals surface area contributed by atoms with Gasteiger partial charge in [0.05, 0.1) is 0 Å². The van der Waals surface area contributed by atoms with Gasteiger partial charge in [-0.05, 0) is 18.8 Å². The highest BCUT2D eigenvalue weighted by atomic mass is 15.1. The minimum absolute atomic E-state index is 0.555. The fourth-order valence-corrected chi connectivity index (χ4v) is 2.21. The van der Waals surface area contributed by atoms with E-state index in [0.29, 0.717) is 11.8 Å². The summed E-state index contributed by atoms with van der Waals surface area (Å²) >= 11 is 0. The van der Waals surface area contributed by atoms with E-state index in [4.69, 9.17) is 0 Å². The Labute approximate surface area is 80.0 Å². The highest BCUT2D eigenvalue weighted by molar-refractivity contribution is 5.14. The molecule has 0 bridgehead atoms. The summed E-state index contributed by atoms with van der Waals surface area (Å²) in [6.07, 6.45) is 4.70. The second-order valence-corrected chi connectivity index (χ2v) is 4.39. The third kappa shape index (κ3) is 1.38. The molecule has 0 aliphatic carbocycles. The molecule has 0 saturated heterocycles. The third-order valence-electron chi connectivity index (χ3n) is 2.96. The molecule has 1 unspecified atom stereocenters. The Balaban J connectivity index is 2.41. The number of hydrogen-bond acceptors (Lipinski definition) is 1. The molecule has 2 heterocycles. The monoisotopic (exact) mass is 178 g/mol. The molecule has 0 fully saturated rings. The number of aromatic nitrogens is 2. The first-order valence-corrected chi connectivity index (χ1v) is 5.25. The van der Waals surface area contributed by atoms with Crippen molar-refractivity contribution in [2.45, 2.75) is 52.0 Å². The van der Waals surface area contributed by atoms with E-state index in [2.05, 4.69) is 36.5 Å². The van der Waals surface area contributed by atoms with Crippen LogP contribution in [0.3, 0.4) is 0 Å². The van der Waals surface area contributed by atoms with Gasteiger partial charge in [-0.2, -0.15) is 0 Å². The first kappa shape index (κ1) is 8.79. The lowest BCUT2D eigenvalue weighted by molar-refractivity contribution is 0.457. The van der Waals surface area contributed by atoms with Crippen LogP contribution in [0, 0.1) is 0 Å². The topological polar surface area (TPSA) is 17.8 Å². The molecule has 13 heavy (non-hydrogen) atoms. The number of hydrogen-bond donors (Lipinski definition) is 0. The van der Waals surface area contributed by atoms with Crippen LogP contribution in [0.15, 0.2) is 6.20 Å². The molecule has 2 nitrogen and oxygen atoms in total. The van der Waals surface area contributed by atoms with Gasteiger partial charge in [-0.15, -0.1) is 0 Å².